The van der Waals surface area contributed by atoms with Gasteiger partial charge in [-0.25, -0.2) is 4.39 Å². The van der Waals surface area contributed by atoms with Crippen LogP contribution in [0, 0.1) is 24.1 Å². The highest BCUT2D eigenvalue weighted by Gasteiger charge is 2.18. The summed E-state index contributed by atoms with van der Waals surface area (Å²) in [7, 11) is 0. The average Bonchev–Trinajstić information content (AvgIpc) is 2.34. The Bertz CT molecular complexity index is 762. The number of rotatable bonds is 1. The van der Waals surface area contributed by atoms with E-state index in [0.717, 1.165) is 0 Å². The van der Waals surface area contributed by atoms with Crippen LogP contribution in [0.5, 0.6) is 0 Å². The molecule has 0 fully saturated rings. The lowest BCUT2D eigenvalue weighted by atomic mass is 10.0. The molecule has 3 nitrogen and oxygen atoms in total. The molecule has 1 N–H and O–H groups in total. The molecule has 0 aliphatic heterocycles. The van der Waals surface area contributed by atoms with Gasteiger partial charge in [0.1, 0.15) is 11.6 Å². The zero-order valence-electron chi connectivity index (χ0n) is 9.72. The molecule has 0 aliphatic carbocycles. The number of benzene rings is 1. The Morgan fingerprint density at radius 2 is 1.95 bits per heavy atom. The number of aromatic nitrogens is 1. The Labute approximate surface area is 118 Å². The van der Waals surface area contributed by atoms with Crippen LogP contribution < -0.4 is 5.56 Å². The minimum atomic E-state index is -0.754. The van der Waals surface area contributed by atoms with Crippen LogP contribution in [0.25, 0.3) is 11.1 Å². The van der Waals surface area contributed by atoms with Crippen molar-refractivity contribution in [1.82, 2.24) is 4.98 Å². The normalized spacial score (nSPS) is 10.3. The minimum absolute atomic E-state index is 0.0417. The van der Waals surface area contributed by atoms with Gasteiger partial charge in [0.25, 0.3) is 5.56 Å². The van der Waals surface area contributed by atoms with Gasteiger partial charge < -0.3 is 4.98 Å². The molecule has 0 unspecified atom stereocenters. The number of nitrogens with one attached hydrogen (secondary N) is 1. The fraction of sp³-hybridized carbons (Fsp3) is 0.0769. The van der Waals surface area contributed by atoms with Crippen LogP contribution in [0.2, 0.25) is 10.0 Å². The maximum Gasteiger partial charge on any atom is 0.266 e. The molecule has 19 heavy (non-hydrogen) atoms. The van der Waals surface area contributed by atoms with Crippen molar-refractivity contribution in [3.8, 4) is 17.2 Å². The number of hydrogen-bond donors (Lipinski definition) is 1. The van der Waals surface area contributed by atoms with Crippen molar-refractivity contribution in [1.29, 1.82) is 5.26 Å². The quantitative estimate of drug-likeness (QED) is 0.816. The van der Waals surface area contributed by atoms with E-state index in [1.807, 2.05) is 0 Å². The van der Waals surface area contributed by atoms with Crippen LogP contribution in [0.1, 0.15) is 11.3 Å². The van der Waals surface area contributed by atoms with Crippen LogP contribution in [0.3, 0.4) is 0 Å². The first-order valence-electron chi connectivity index (χ1n) is 5.23. The molecule has 0 radical (unpaired) electrons. The Balaban J connectivity index is 2.92. The van der Waals surface area contributed by atoms with Crippen LogP contribution in [-0.4, -0.2) is 4.98 Å². The fourth-order valence-electron chi connectivity index (χ4n) is 1.77. The third-order valence-corrected chi connectivity index (χ3v) is 3.20. The smallest absolute Gasteiger partial charge is 0.266 e. The second-order valence-electron chi connectivity index (χ2n) is 3.90. The first kappa shape index (κ1) is 13.6. The lowest BCUT2D eigenvalue weighted by Gasteiger charge is -2.09. The molecule has 0 saturated carbocycles. The van der Waals surface area contributed by atoms with E-state index in [1.54, 1.807) is 13.0 Å². The highest BCUT2D eigenvalue weighted by atomic mass is 35.5. The highest BCUT2D eigenvalue weighted by molar-refractivity contribution is 6.35. The number of halogens is 3. The maximum atomic E-state index is 14.1. The predicted octanol–water partition coefficient (Wildman–Crippen LogP) is 3.67. The Kier molecular flexibility index (Phi) is 3.61. The van der Waals surface area contributed by atoms with Crippen LogP contribution in [0.15, 0.2) is 23.0 Å². The second-order valence-corrected chi connectivity index (χ2v) is 4.71. The Hall–Kier alpha value is -1.83. The molecule has 96 valence electrons. The van der Waals surface area contributed by atoms with E-state index in [0.29, 0.717) is 5.69 Å². The highest BCUT2D eigenvalue weighted by Crippen LogP contribution is 2.35. The summed E-state index contributed by atoms with van der Waals surface area (Å²) in [6.45, 7) is 1.63. The zero-order valence-corrected chi connectivity index (χ0v) is 11.2. The lowest BCUT2D eigenvalue weighted by molar-refractivity contribution is 0.631. The van der Waals surface area contributed by atoms with Crippen molar-refractivity contribution in [3.05, 3.63) is 55.7 Å². The van der Waals surface area contributed by atoms with Gasteiger partial charge in [-0.2, -0.15) is 5.26 Å². The molecule has 0 amide bonds. The van der Waals surface area contributed by atoms with Crippen molar-refractivity contribution in [2.45, 2.75) is 6.92 Å². The molecular weight excluding hydrogens is 290 g/mol. The van der Waals surface area contributed by atoms with Gasteiger partial charge in [-0.3, -0.25) is 4.79 Å². The van der Waals surface area contributed by atoms with E-state index in [2.05, 4.69) is 4.98 Å². The minimum Gasteiger partial charge on any atom is -0.325 e. The summed E-state index contributed by atoms with van der Waals surface area (Å²) in [4.78, 5) is 14.2. The van der Waals surface area contributed by atoms with Crippen molar-refractivity contribution in [2.24, 2.45) is 0 Å². The zero-order chi connectivity index (χ0) is 14.2. The van der Waals surface area contributed by atoms with Crippen molar-refractivity contribution in [3.63, 3.8) is 0 Å². The van der Waals surface area contributed by atoms with Crippen LogP contribution >= 0.6 is 23.2 Å². The number of hydrogen-bond acceptors (Lipinski definition) is 2. The van der Waals surface area contributed by atoms with Crippen molar-refractivity contribution in [2.75, 3.05) is 0 Å². The summed E-state index contributed by atoms with van der Waals surface area (Å²) in [5, 5.41) is 9.00. The molecule has 2 aromatic rings. The topological polar surface area (TPSA) is 56.6 Å². The van der Waals surface area contributed by atoms with E-state index in [9.17, 15) is 9.18 Å². The number of H-pyrrole nitrogens is 1. The van der Waals surface area contributed by atoms with Gasteiger partial charge in [0, 0.05) is 16.8 Å². The van der Waals surface area contributed by atoms with Crippen molar-refractivity contribution < 1.29 is 4.39 Å². The summed E-state index contributed by atoms with van der Waals surface area (Å²) in [6, 6.07) is 5.97. The van der Waals surface area contributed by atoms with Gasteiger partial charge in [-0.05, 0) is 25.1 Å². The molecule has 1 aromatic heterocycles. The number of nitrogens with zero attached hydrogens (tertiary/aromatic N) is 1. The maximum absolute atomic E-state index is 14.1. The Morgan fingerprint density at radius 1 is 1.32 bits per heavy atom. The predicted molar refractivity (Wildman–Crippen MR) is 71.9 cm³/mol. The lowest BCUT2D eigenvalue weighted by Crippen LogP contribution is -2.13. The molecule has 0 atom stereocenters. The van der Waals surface area contributed by atoms with Crippen LogP contribution in [-0.2, 0) is 0 Å². The SMILES string of the molecule is Cc1cc(-c2c(Cl)ccc(Cl)c2F)c(C#N)c(=O)[nH]1. The van der Waals surface area contributed by atoms with Gasteiger partial charge >= 0.3 is 0 Å². The molecule has 0 aliphatic rings. The largest absolute Gasteiger partial charge is 0.325 e. The molecule has 0 bridgehead atoms. The van der Waals surface area contributed by atoms with E-state index in [-0.39, 0.29) is 26.7 Å². The Morgan fingerprint density at radius 3 is 2.58 bits per heavy atom. The molecule has 1 aromatic carbocycles. The van der Waals surface area contributed by atoms with E-state index >= 15 is 0 Å². The summed E-state index contributed by atoms with van der Waals surface area (Å²) in [6.07, 6.45) is 0. The fourth-order valence-corrected chi connectivity index (χ4v) is 2.18. The average molecular weight is 297 g/mol. The third kappa shape index (κ3) is 2.35. The summed E-state index contributed by atoms with van der Waals surface area (Å²) < 4.78 is 14.1. The molecule has 2 rings (SSSR count). The van der Waals surface area contributed by atoms with E-state index in [1.165, 1.54) is 18.2 Å². The van der Waals surface area contributed by atoms with Crippen molar-refractivity contribution >= 4 is 23.2 Å². The molecular formula is C13H7Cl2FN2O. The molecule has 6 heteroatoms. The monoisotopic (exact) mass is 296 g/mol. The number of nitriles is 1. The summed E-state index contributed by atoms with van der Waals surface area (Å²) >= 11 is 11.7. The van der Waals surface area contributed by atoms with Gasteiger partial charge in [-0.1, -0.05) is 23.2 Å². The standard InChI is InChI=1S/C13H7Cl2FN2O/c1-6-4-7(8(5-17)13(19)18-6)11-9(14)2-3-10(15)12(11)16/h2-4H,1H3,(H,18,19). The molecule has 1 heterocycles. The summed E-state index contributed by atoms with van der Waals surface area (Å²) in [5.74, 6) is -0.754. The van der Waals surface area contributed by atoms with Gasteiger partial charge in [0.05, 0.1) is 10.0 Å². The van der Waals surface area contributed by atoms with E-state index in [4.69, 9.17) is 28.5 Å². The second kappa shape index (κ2) is 5.04. The first-order valence-corrected chi connectivity index (χ1v) is 5.99. The van der Waals surface area contributed by atoms with E-state index < -0.39 is 11.4 Å². The first-order chi connectivity index (χ1) is 8.95. The van der Waals surface area contributed by atoms with Gasteiger partial charge in [0.2, 0.25) is 0 Å². The van der Waals surface area contributed by atoms with Crippen LogP contribution in [0.4, 0.5) is 4.39 Å². The summed E-state index contributed by atoms with van der Waals surface area (Å²) in [5.41, 5.74) is -0.204. The number of pyridine rings is 1. The molecule has 0 saturated heterocycles. The number of aryl methyl sites for hydroxylation is 1. The molecule has 0 spiro atoms. The van der Waals surface area contributed by atoms with Gasteiger partial charge in [0.15, 0.2) is 5.82 Å². The third-order valence-electron chi connectivity index (χ3n) is 2.59. The number of aromatic amines is 1. The van der Waals surface area contributed by atoms with Gasteiger partial charge in [-0.15, -0.1) is 0 Å².